The number of hydrogen-bond acceptors (Lipinski definition) is 2. The Labute approximate surface area is 98.1 Å². The molecular formula is C13H22N2O. The van der Waals surface area contributed by atoms with E-state index >= 15 is 0 Å². The number of nitrogens with zero attached hydrogens (tertiary/aromatic N) is 2. The van der Waals surface area contributed by atoms with Crippen LogP contribution in [0.3, 0.4) is 0 Å². The topological polar surface area (TPSA) is 23.6 Å². The molecule has 0 atom stereocenters. The van der Waals surface area contributed by atoms with Crippen LogP contribution in [0.15, 0.2) is 11.3 Å². The Balaban J connectivity index is 1.94. The van der Waals surface area contributed by atoms with Gasteiger partial charge in [0, 0.05) is 12.2 Å². The lowest BCUT2D eigenvalue weighted by Gasteiger charge is -2.23. The fraction of sp³-hybridized carbons (Fsp3) is 0.769. The van der Waals surface area contributed by atoms with Crippen LogP contribution in [0.25, 0.3) is 0 Å². The molecule has 0 saturated carbocycles. The monoisotopic (exact) mass is 222 g/mol. The van der Waals surface area contributed by atoms with E-state index in [9.17, 15) is 4.79 Å². The molecule has 0 spiro atoms. The van der Waals surface area contributed by atoms with Crippen LogP contribution >= 0.6 is 0 Å². The van der Waals surface area contributed by atoms with Crippen molar-refractivity contribution in [3.05, 3.63) is 11.3 Å². The molecule has 1 fully saturated rings. The molecule has 3 nitrogen and oxygen atoms in total. The Kier molecular flexibility index (Phi) is 3.64. The molecule has 0 unspecified atom stereocenters. The average molecular weight is 222 g/mol. The highest BCUT2D eigenvalue weighted by atomic mass is 16.2. The van der Waals surface area contributed by atoms with Crippen LogP contribution in [0.1, 0.15) is 39.5 Å². The molecular weight excluding hydrogens is 200 g/mol. The minimum atomic E-state index is 0.301. The normalized spacial score (nSPS) is 22.2. The first-order chi connectivity index (χ1) is 7.72. The number of rotatable bonds is 3. The maximum absolute atomic E-state index is 12.2. The van der Waals surface area contributed by atoms with E-state index in [1.807, 2.05) is 4.90 Å². The molecule has 0 aromatic carbocycles. The van der Waals surface area contributed by atoms with Crippen molar-refractivity contribution in [2.45, 2.75) is 39.5 Å². The van der Waals surface area contributed by atoms with E-state index in [1.165, 1.54) is 24.1 Å². The predicted octanol–water partition coefficient (Wildman–Crippen LogP) is 2.00. The minimum absolute atomic E-state index is 0.301. The molecule has 1 amide bonds. The lowest BCUT2D eigenvalue weighted by atomic mass is 10.2. The van der Waals surface area contributed by atoms with Gasteiger partial charge in [-0.15, -0.1) is 0 Å². The van der Waals surface area contributed by atoms with Gasteiger partial charge in [-0.25, -0.2) is 0 Å². The predicted molar refractivity (Wildman–Crippen MR) is 65.0 cm³/mol. The third-order valence-corrected chi connectivity index (χ3v) is 3.72. The second-order valence-electron chi connectivity index (χ2n) is 4.86. The zero-order chi connectivity index (χ0) is 11.5. The van der Waals surface area contributed by atoms with Gasteiger partial charge in [0.1, 0.15) is 0 Å². The van der Waals surface area contributed by atoms with Gasteiger partial charge in [-0.1, -0.05) is 12.5 Å². The first kappa shape index (κ1) is 11.6. The van der Waals surface area contributed by atoms with E-state index in [-0.39, 0.29) is 0 Å². The SMILES string of the molecule is CCC1=C(C)CCN1C(=O)CN1CCCC1. The molecule has 0 aromatic rings. The maximum atomic E-state index is 12.2. The Morgan fingerprint density at radius 2 is 1.94 bits per heavy atom. The zero-order valence-electron chi connectivity index (χ0n) is 10.5. The average Bonchev–Trinajstić information content (AvgIpc) is 2.87. The van der Waals surface area contributed by atoms with Gasteiger partial charge in [-0.05, 0) is 45.7 Å². The highest BCUT2D eigenvalue weighted by molar-refractivity contribution is 5.80. The Morgan fingerprint density at radius 1 is 1.25 bits per heavy atom. The molecule has 90 valence electrons. The molecule has 0 aliphatic carbocycles. The molecule has 0 aromatic heterocycles. The Hall–Kier alpha value is -0.830. The number of carbonyl (C=O) groups is 1. The Morgan fingerprint density at radius 3 is 2.56 bits per heavy atom. The summed E-state index contributed by atoms with van der Waals surface area (Å²) in [4.78, 5) is 16.5. The van der Waals surface area contributed by atoms with Crippen LogP contribution in [0.4, 0.5) is 0 Å². The molecule has 2 aliphatic rings. The second-order valence-corrected chi connectivity index (χ2v) is 4.86. The van der Waals surface area contributed by atoms with E-state index < -0.39 is 0 Å². The largest absolute Gasteiger partial charge is 0.315 e. The zero-order valence-corrected chi connectivity index (χ0v) is 10.5. The molecule has 2 heterocycles. The van der Waals surface area contributed by atoms with Crippen LogP contribution in [0, 0.1) is 0 Å². The maximum Gasteiger partial charge on any atom is 0.240 e. The Bertz CT molecular complexity index is 303. The van der Waals surface area contributed by atoms with Gasteiger partial charge in [0.2, 0.25) is 5.91 Å². The summed E-state index contributed by atoms with van der Waals surface area (Å²) in [5.74, 6) is 0.301. The summed E-state index contributed by atoms with van der Waals surface area (Å²) in [6.45, 7) is 8.02. The number of carbonyl (C=O) groups excluding carboxylic acids is 1. The number of amides is 1. The van der Waals surface area contributed by atoms with E-state index in [0.717, 1.165) is 32.5 Å². The van der Waals surface area contributed by atoms with E-state index in [1.54, 1.807) is 0 Å². The van der Waals surface area contributed by atoms with Crippen molar-refractivity contribution >= 4 is 5.91 Å². The third-order valence-electron chi connectivity index (χ3n) is 3.72. The summed E-state index contributed by atoms with van der Waals surface area (Å²) in [5.41, 5.74) is 2.67. The third kappa shape index (κ3) is 2.29. The van der Waals surface area contributed by atoms with Gasteiger partial charge in [-0.2, -0.15) is 0 Å². The fourth-order valence-electron chi connectivity index (χ4n) is 2.77. The molecule has 0 N–H and O–H groups in total. The van der Waals surface area contributed by atoms with Crippen molar-refractivity contribution in [2.75, 3.05) is 26.2 Å². The molecule has 16 heavy (non-hydrogen) atoms. The summed E-state index contributed by atoms with van der Waals surface area (Å²) in [5, 5.41) is 0. The van der Waals surface area contributed by atoms with Crippen LogP contribution in [0.5, 0.6) is 0 Å². The van der Waals surface area contributed by atoms with E-state index in [4.69, 9.17) is 0 Å². The summed E-state index contributed by atoms with van der Waals surface area (Å²) >= 11 is 0. The smallest absolute Gasteiger partial charge is 0.240 e. The van der Waals surface area contributed by atoms with Crippen molar-refractivity contribution < 1.29 is 4.79 Å². The van der Waals surface area contributed by atoms with Crippen molar-refractivity contribution in [3.63, 3.8) is 0 Å². The molecule has 2 aliphatic heterocycles. The summed E-state index contributed by atoms with van der Waals surface area (Å²) in [6.07, 6.45) is 4.55. The van der Waals surface area contributed by atoms with E-state index in [0.29, 0.717) is 12.5 Å². The quantitative estimate of drug-likeness (QED) is 0.729. The number of likely N-dealkylation sites (tertiary alicyclic amines) is 1. The van der Waals surface area contributed by atoms with Gasteiger partial charge in [0.25, 0.3) is 0 Å². The summed E-state index contributed by atoms with van der Waals surface area (Å²) in [6, 6.07) is 0. The lowest BCUT2D eigenvalue weighted by molar-refractivity contribution is -0.129. The van der Waals surface area contributed by atoms with Gasteiger partial charge in [-0.3, -0.25) is 9.69 Å². The molecule has 1 saturated heterocycles. The molecule has 2 rings (SSSR count). The van der Waals surface area contributed by atoms with Crippen molar-refractivity contribution in [1.82, 2.24) is 9.80 Å². The lowest BCUT2D eigenvalue weighted by Crippen LogP contribution is -2.37. The number of hydrogen-bond donors (Lipinski definition) is 0. The molecule has 0 radical (unpaired) electrons. The van der Waals surface area contributed by atoms with Crippen molar-refractivity contribution in [1.29, 1.82) is 0 Å². The van der Waals surface area contributed by atoms with Gasteiger partial charge in [0.15, 0.2) is 0 Å². The van der Waals surface area contributed by atoms with Crippen molar-refractivity contribution in [3.8, 4) is 0 Å². The van der Waals surface area contributed by atoms with Crippen LogP contribution in [0.2, 0.25) is 0 Å². The standard InChI is InChI=1S/C13H22N2O/c1-3-12-11(2)6-9-15(12)13(16)10-14-7-4-5-8-14/h3-10H2,1-2H3. The highest BCUT2D eigenvalue weighted by Gasteiger charge is 2.26. The van der Waals surface area contributed by atoms with Gasteiger partial charge >= 0.3 is 0 Å². The molecule has 0 bridgehead atoms. The van der Waals surface area contributed by atoms with Crippen molar-refractivity contribution in [2.24, 2.45) is 0 Å². The van der Waals surface area contributed by atoms with E-state index in [2.05, 4.69) is 18.7 Å². The van der Waals surface area contributed by atoms with Crippen LogP contribution in [-0.2, 0) is 4.79 Å². The highest BCUT2D eigenvalue weighted by Crippen LogP contribution is 2.25. The fourth-order valence-corrected chi connectivity index (χ4v) is 2.77. The molecule has 3 heteroatoms. The first-order valence-corrected chi connectivity index (χ1v) is 6.43. The van der Waals surface area contributed by atoms with Crippen LogP contribution in [-0.4, -0.2) is 41.9 Å². The number of allylic oxidation sites excluding steroid dienone is 1. The van der Waals surface area contributed by atoms with Gasteiger partial charge < -0.3 is 4.90 Å². The summed E-state index contributed by atoms with van der Waals surface area (Å²) < 4.78 is 0. The summed E-state index contributed by atoms with van der Waals surface area (Å²) in [7, 11) is 0. The second kappa shape index (κ2) is 5.00. The minimum Gasteiger partial charge on any atom is -0.315 e. The van der Waals surface area contributed by atoms with Crippen LogP contribution < -0.4 is 0 Å². The first-order valence-electron chi connectivity index (χ1n) is 6.43. The van der Waals surface area contributed by atoms with Gasteiger partial charge in [0.05, 0.1) is 6.54 Å².